The molecule has 0 saturated heterocycles. The van der Waals surface area contributed by atoms with Crippen LogP contribution < -0.4 is 0 Å². The maximum atomic E-state index is 6.32. The molecule has 1 fully saturated rings. The van der Waals surface area contributed by atoms with E-state index in [9.17, 15) is 0 Å². The van der Waals surface area contributed by atoms with Gasteiger partial charge in [0.25, 0.3) is 0 Å². The zero-order valence-corrected chi connectivity index (χ0v) is 13.0. The van der Waals surface area contributed by atoms with Crippen LogP contribution in [0.15, 0.2) is 18.5 Å². The smallest absolute Gasteiger partial charge is 0.127 e. The number of nitrogens with zero attached hydrogens (tertiary/aromatic N) is 3. The van der Waals surface area contributed by atoms with Gasteiger partial charge in [0.15, 0.2) is 0 Å². The van der Waals surface area contributed by atoms with E-state index >= 15 is 0 Å². The molecule has 0 aliphatic heterocycles. The van der Waals surface area contributed by atoms with Gasteiger partial charge in [0, 0.05) is 12.7 Å². The van der Waals surface area contributed by atoms with E-state index in [2.05, 4.69) is 27.5 Å². The molecular formula is C16H22ClN3. The van der Waals surface area contributed by atoms with Crippen molar-refractivity contribution in [2.24, 2.45) is 11.8 Å². The Bertz CT molecular complexity index is 582. The minimum atomic E-state index is -0.0649. The van der Waals surface area contributed by atoms with Crippen LogP contribution in [-0.4, -0.2) is 14.5 Å². The Hall–Kier alpha value is -1.09. The van der Waals surface area contributed by atoms with Crippen molar-refractivity contribution in [3.05, 3.63) is 24.3 Å². The third kappa shape index (κ3) is 2.69. The Morgan fingerprint density at radius 2 is 2.10 bits per heavy atom. The van der Waals surface area contributed by atoms with Gasteiger partial charge in [-0.05, 0) is 37.7 Å². The van der Waals surface area contributed by atoms with Gasteiger partial charge in [-0.15, -0.1) is 11.6 Å². The monoisotopic (exact) mass is 291 g/mol. The van der Waals surface area contributed by atoms with Gasteiger partial charge in [-0.2, -0.15) is 0 Å². The van der Waals surface area contributed by atoms with Crippen LogP contribution in [0.2, 0.25) is 0 Å². The number of alkyl halides is 1. The average Bonchev–Trinajstić information content (AvgIpc) is 2.81. The number of fused-ring (bicyclic) bond motifs is 1. The lowest BCUT2D eigenvalue weighted by Gasteiger charge is -2.27. The second-order valence-electron chi connectivity index (χ2n) is 6.19. The largest absolute Gasteiger partial charge is 0.326 e. The van der Waals surface area contributed by atoms with Gasteiger partial charge >= 0.3 is 0 Å². The summed E-state index contributed by atoms with van der Waals surface area (Å²) in [7, 11) is 0. The van der Waals surface area contributed by atoms with Crippen molar-refractivity contribution >= 4 is 22.6 Å². The number of hydrogen-bond acceptors (Lipinski definition) is 2. The second kappa shape index (κ2) is 5.72. The molecule has 20 heavy (non-hydrogen) atoms. The number of hydrogen-bond donors (Lipinski definition) is 0. The van der Waals surface area contributed by atoms with E-state index in [0.717, 1.165) is 29.7 Å². The lowest BCUT2D eigenvalue weighted by molar-refractivity contribution is 0.265. The molecule has 0 bridgehead atoms. The van der Waals surface area contributed by atoms with E-state index in [0.29, 0.717) is 0 Å². The number of pyridine rings is 1. The van der Waals surface area contributed by atoms with Crippen LogP contribution >= 0.6 is 11.6 Å². The molecule has 0 radical (unpaired) electrons. The summed E-state index contributed by atoms with van der Waals surface area (Å²) < 4.78 is 2.31. The van der Waals surface area contributed by atoms with Crippen LogP contribution in [0.1, 0.15) is 50.7 Å². The number of halogens is 1. The maximum Gasteiger partial charge on any atom is 0.127 e. The fraction of sp³-hybridized carbons (Fsp3) is 0.625. The summed E-state index contributed by atoms with van der Waals surface area (Å²) in [5.41, 5.74) is 2.13. The van der Waals surface area contributed by atoms with Crippen LogP contribution in [0.4, 0.5) is 0 Å². The molecule has 3 rings (SSSR count). The minimum absolute atomic E-state index is 0.0649. The molecule has 0 aromatic carbocycles. The highest BCUT2D eigenvalue weighted by molar-refractivity contribution is 6.20. The Morgan fingerprint density at radius 3 is 2.80 bits per heavy atom. The van der Waals surface area contributed by atoms with Crippen molar-refractivity contribution in [1.82, 2.24) is 14.5 Å². The first kappa shape index (κ1) is 13.9. The average molecular weight is 292 g/mol. The van der Waals surface area contributed by atoms with Crippen molar-refractivity contribution in [3.63, 3.8) is 0 Å². The number of imidazole rings is 1. The first-order valence-electron chi connectivity index (χ1n) is 7.59. The lowest BCUT2D eigenvalue weighted by Crippen LogP contribution is -2.19. The van der Waals surface area contributed by atoms with Gasteiger partial charge in [0.2, 0.25) is 0 Å². The van der Waals surface area contributed by atoms with Gasteiger partial charge in [-0.3, -0.25) is 4.98 Å². The Morgan fingerprint density at radius 1 is 1.35 bits per heavy atom. The summed E-state index contributed by atoms with van der Waals surface area (Å²) in [6.45, 7) is 5.40. The quantitative estimate of drug-likeness (QED) is 0.776. The first-order valence-corrected chi connectivity index (χ1v) is 8.03. The van der Waals surface area contributed by atoms with Gasteiger partial charge < -0.3 is 4.57 Å². The van der Waals surface area contributed by atoms with Crippen molar-refractivity contribution in [2.45, 2.75) is 51.5 Å². The van der Waals surface area contributed by atoms with E-state index < -0.39 is 0 Å². The fourth-order valence-electron chi connectivity index (χ4n) is 3.27. The zero-order valence-electron chi connectivity index (χ0n) is 12.2. The molecule has 1 saturated carbocycles. The molecule has 2 aromatic rings. The van der Waals surface area contributed by atoms with Gasteiger partial charge in [-0.1, -0.05) is 19.8 Å². The molecule has 2 heterocycles. The molecule has 4 heteroatoms. The second-order valence-corrected chi connectivity index (χ2v) is 6.84. The molecule has 0 amide bonds. The van der Waals surface area contributed by atoms with Crippen LogP contribution in [0, 0.1) is 11.8 Å². The van der Waals surface area contributed by atoms with E-state index in [1.165, 1.54) is 31.2 Å². The molecule has 1 aliphatic rings. The molecule has 1 atom stereocenters. The highest BCUT2D eigenvalue weighted by Gasteiger charge is 2.22. The Kier molecular flexibility index (Phi) is 3.97. The predicted molar refractivity (Wildman–Crippen MR) is 82.9 cm³/mol. The summed E-state index contributed by atoms with van der Waals surface area (Å²) >= 11 is 6.32. The Labute approximate surface area is 125 Å². The summed E-state index contributed by atoms with van der Waals surface area (Å²) in [5.74, 6) is 2.63. The standard InChI is InChI=1S/C16H22ClN3/c1-11-3-5-13(6-4-11)10-20-15-7-8-18-9-14(15)19-16(20)12(2)17/h7-9,11-13H,3-6,10H2,1-2H3. The molecule has 2 aromatic heterocycles. The summed E-state index contributed by atoms with van der Waals surface area (Å²) in [5, 5.41) is -0.0649. The fourth-order valence-corrected chi connectivity index (χ4v) is 3.43. The van der Waals surface area contributed by atoms with Crippen LogP contribution in [-0.2, 0) is 6.54 Å². The normalized spacial score (nSPS) is 24.9. The third-order valence-electron chi connectivity index (χ3n) is 4.51. The van der Waals surface area contributed by atoms with Gasteiger partial charge in [0.05, 0.1) is 17.1 Å². The molecule has 1 unspecified atom stereocenters. The minimum Gasteiger partial charge on any atom is -0.326 e. The topological polar surface area (TPSA) is 30.7 Å². The molecule has 0 spiro atoms. The third-order valence-corrected chi connectivity index (χ3v) is 4.71. The van der Waals surface area contributed by atoms with Gasteiger partial charge in [0.1, 0.15) is 11.3 Å². The van der Waals surface area contributed by atoms with Gasteiger partial charge in [-0.25, -0.2) is 4.98 Å². The van der Waals surface area contributed by atoms with Crippen molar-refractivity contribution in [3.8, 4) is 0 Å². The molecular weight excluding hydrogens is 270 g/mol. The van der Waals surface area contributed by atoms with E-state index in [1.807, 2.05) is 19.3 Å². The van der Waals surface area contributed by atoms with Crippen LogP contribution in [0.25, 0.3) is 11.0 Å². The van der Waals surface area contributed by atoms with Crippen LogP contribution in [0.5, 0.6) is 0 Å². The van der Waals surface area contributed by atoms with E-state index in [4.69, 9.17) is 11.6 Å². The highest BCUT2D eigenvalue weighted by atomic mass is 35.5. The van der Waals surface area contributed by atoms with E-state index in [1.54, 1.807) is 0 Å². The molecule has 0 N–H and O–H groups in total. The highest BCUT2D eigenvalue weighted by Crippen LogP contribution is 2.32. The SMILES string of the molecule is CC1CCC(Cn2c(C(C)Cl)nc3cnccc32)CC1. The summed E-state index contributed by atoms with van der Waals surface area (Å²) in [6, 6.07) is 2.05. The van der Waals surface area contributed by atoms with E-state index in [-0.39, 0.29) is 5.38 Å². The van der Waals surface area contributed by atoms with Crippen molar-refractivity contribution in [2.75, 3.05) is 0 Å². The number of aromatic nitrogens is 3. The Balaban J connectivity index is 1.91. The molecule has 1 aliphatic carbocycles. The van der Waals surface area contributed by atoms with Crippen molar-refractivity contribution in [1.29, 1.82) is 0 Å². The molecule has 108 valence electrons. The zero-order chi connectivity index (χ0) is 14.1. The molecule has 3 nitrogen and oxygen atoms in total. The summed E-state index contributed by atoms with van der Waals surface area (Å²) in [4.78, 5) is 8.83. The summed E-state index contributed by atoms with van der Waals surface area (Å²) in [6.07, 6.45) is 9.02. The van der Waals surface area contributed by atoms with Crippen LogP contribution in [0.3, 0.4) is 0 Å². The first-order chi connectivity index (χ1) is 9.65. The lowest BCUT2D eigenvalue weighted by atomic mass is 9.83. The predicted octanol–water partition coefficient (Wildman–Crippen LogP) is 4.56. The maximum absolute atomic E-state index is 6.32. The van der Waals surface area contributed by atoms with Crippen molar-refractivity contribution < 1.29 is 0 Å². The number of rotatable bonds is 3.